The zero-order chi connectivity index (χ0) is 25.3. The van der Waals surface area contributed by atoms with Gasteiger partial charge in [-0.2, -0.15) is 0 Å². The molecule has 6 nitrogen and oxygen atoms in total. The van der Waals surface area contributed by atoms with Crippen molar-refractivity contribution in [2.45, 2.75) is 25.8 Å². The second kappa shape index (κ2) is 12.4. The van der Waals surface area contributed by atoms with Crippen LogP contribution in [0.15, 0.2) is 83.9 Å². The Morgan fingerprint density at radius 2 is 1.97 bits per heavy atom. The first-order valence-electron chi connectivity index (χ1n) is 12.0. The molecule has 0 spiro atoms. The number of methoxy groups -OCH3 is 1. The number of halogens is 1. The molecule has 0 aliphatic carbocycles. The van der Waals surface area contributed by atoms with Crippen molar-refractivity contribution in [1.82, 2.24) is 14.9 Å². The van der Waals surface area contributed by atoms with E-state index in [9.17, 15) is 4.79 Å². The summed E-state index contributed by atoms with van der Waals surface area (Å²) in [6, 6.07) is 21.4. The molecule has 0 aliphatic rings. The SMILES string of the molecule is C=CCc1ccc(OCCn2c(CCCNC(=O)c3cccc(Br)c3)nc3ccccc32)c(OC)c1. The number of allylic oxidation sites excluding steroid dienone is 1. The molecule has 1 amide bonds. The number of rotatable bonds is 12. The van der Waals surface area contributed by atoms with Gasteiger partial charge in [0.2, 0.25) is 0 Å². The Morgan fingerprint density at radius 1 is 1.11 bits per heavy atom. The lowest BCUT2D eigenvalue weighted by atomic mass is 10.1. The van der Waals surface area contributed by atoms with E-state index in [1.807, 2.05) is 66.7 Å². The molecular formula is C29H30BrN3O3. The van der Waals surface area contributed by atoms with Crippen LogP contribution in [0.1, 0.15) is 28.2 Å². The molecule has 1 aromatic heterocycles. The maximum atomic E-state index is 12.4. The Bertz CT molecular complexity index is 1350. The summed E-state index contributed by atoms with van der Waals surface area (Å²) < 4.78 is 14.7. The fourth-order valence-corrected chi connectivity index (χ4v) is 4.52. The molecule has 0 unspecified atom stereocenters. The third kappa shape index (κ3) is 6.34. The van der Waals surface area contributed by atoms with Gasteiger partial charge in [-0.05, 0) is 60.9 Å². The van der Waals surface area contributed by atoms with Crippen LogP contribution in [0.5, 0.6) is 11.5 Å². The lowest BCUT2D eigenvalue weighted by Crippen LogP contribution is -2.25. The Hall–Kier alpha value is -3.58. The smallest absolute Gasteiger partial charge is 0.251 e. The van der Waals surface area contributed by atoms with Gasteiger partial charge in [0.15, 0.2) is 11.5 Å². The molecule has 0 bridgehead atoms. The van der Waals surface area contributed by atoms with Crippen molar-refractivity contribution in [2.75, 3.05) is 20.3 Å². The molecule has 36 heavy (non-hydrogen) atoms. The first kappa shape index (κ1) is 25.5. The minimum atomic E-state index is -0.0775. The average molecular weight is 548 g/mol. The largest absolute Gasteiger partial charge is 0.493 e. The number of nitrogens with one attached hydrogen (secondary N) is 1. The number of nitrogens with zero attached hydrogens (tertiary/aromatic N) is 2. The van der Waals surface area contributed by atoms with E-state index in [0.29, 0.717) is 36.8 Å². The third-order valence-corrected chi connectivity index (χ3v) is 6.36. The number of fused-ring (bicyclic) bond motifs is 1. The minimum Gasteiger partial charge on any atom is -0.493 e. The highest BCUT2D eigenvalue weighted by Crippen LogP contribution is 2.28. The van der Waals surface area contributed by atoms with E-state index in [0.717, 1.165) is 46.2 Å². The van der Waals surface area contributed by atoms with E-state index < -0.39 is 0 Å². The molecule has 4 aromatic rings. The number of imidazole rings is 1. The van der Waals surface area contributed by atoms with Gasteiger partial charge in [0.25, 0.3) is 5.91 Å². The summed E-state index contributed by atoms with van der Waals surface area (Å²) in [5.41, 5.74) is 3.80. The quantitative estimate of drug-likeness (QED) is 0.175. The highest BCUT2D eigenvalue weighted by molar-refractivity contribution is 9.10. The monoisotopic (exact) mass is 547 g/mol. The summed E-state index contributed by atoms with van der Waals surface area (Å²) in [5.74, 6) is 2.33. The second-order valence-electron chi connectivity index (χ2n) is 8.36. The number of hydrogen-bond donors (Lipinski definition) is 1. The highest BCUT2D eigenvalue weighted by Gasteiger charge is 2.12. The lowest BCUT2D eigenvalue weighted by molar-refractivity contribution is 0.0953. The van der Waals surface area contributed by atoms with Gasteiger partial charge in [-0.1, -0.05) is 46.3 Å². The van der Waals surface area contributed by atoms with E-state index >= 15 is 0 Å². The van der Waals surface area contributed by atoms with E-state index in [1.165, 1.54) is 0 Å². The summed E-state index contributed by atoms with van der Waals surface area (Å²) in [7, 11) is 1.65. The van der Waals surface area contributed by atoms with E-state index in [-0.39, 0.29) is 5.91 Å². The highest BCUT2D eigenvalue weighted by atomic mass is 79.9. The molecule has 0 radical (unpaired) electrons. The van der Waals surface area contributed by atoms with Crippen LogP contribution in [0.4, 0.5) is 0 Å². The van der Waals surface area contributed by atoms with Crippen LogP contribution >= 0.6 is 15.9 Å². The average Bonchev–Trinajstić information content (AvgIpc) is 3.24. The van der Waals surface area contributed by atoms with Gasteiger partial charge in [-0.3, -0.25) is 4.79 Å². The number of carbonyl (C=O) groups is 1. The molecule has 0 fully saturated rings. The van der Waals surface area contributed by atoms with Crippen molar-refractivity contribution in [3.63, 3.8) is 0 Å². The van der Waals surface area contributed by atoms with Gasteiger partial charge in [0, 0.05) is 23.0 Å². The number of benzene rings is 3. The predicted octanol–water partition coefficient (Wildman–Crippen LogP) is 5.98. The minimum absolute atomic E-state index is 0.0775. The lowest BCUT2D eigenvalue weighted by Gasteiger charge is -2.14. The van der Waals surface area contributed by atoms with Gasteiger partial charge >= 0.3 is 0 Å². The molecule has 1 heterocycles. The van der Waals surface area contributed by atoms with E-state index in [2.05, 4.69) is 38.5 Å². The molecule has 0 aliphatic heterocycles. The van der Waals surface area contributed by atoms with Crippen molar-refractivity contribution >= 4 is 32.9 Å². The first-order chi connectivity index (χ1) is 17.6. The van der Waals surface area contributed by atoms with Crippen molar-refractivity contribution in [3.8, 4) is 11.5 Å². The molecule has 0 saturated carbocycles. The second-order valence-corrected chi connectivity index (χ2v) is 9.28. The van der Waals surface area contributed by atoms with Crippen LogP contribution in [-0.4, -0.2) is 35.7 Å². The fourth-order valence-electron chi connectivity index (χ4n) is 4.12. The van der Waals surface area contributed by atoms with Gasteiger partial charge in [0.05, 0.1) is 24.7 Å². The maximum Gasteiger partial charge on any atom is 0.251 e. The zero-order valence-electron chi connectivity index (χ0n) is 20.4. The number of amides is 1. The summed E-state index contributed by atoms with van der Waals surface area (Å²) in [5, 5.41) is 3.00. The standard InChI is InChI=1S/C29H30BrN3O3/c1-3-8-21-14-15-26(27(19-21)35-2)36-18-17-33-25-12-5-4-11-24(25)32-28(33)13-7-16-31-29(34)22-9-6-10-23(30)20-22/h3-6,9-12,14-15,19-20H,1,7-8,13,16-18H2,2H3,(H,31,34). The van der Waals surface area contributed by atoms with Crippen molar-refractivity contribution in [3.05, 3.63) is 101 Å². The third-order valence-electron chi connectivity index (χ3n) is 5.86. The van der Waals surface area contributed by atoms with Crippen LogP contribution in [0.3, 0.4) is 0 Å². The van der Waals surface area contributed by atoms with E-state index in [4.69, 9.17) is 14.5 Å². The predicted molar refractivity (Wildman–Crippen MR) is 147 cm³/mol. The number of ether oxygens (including phenoxy) is 2. The summed E-state index contributed by atoms with van der Waals surface area (Å²) in [4.78, 5) is 17.3. The molecule has 7 heteroatoms. The fraction of sp³-hybridized carbons (Fsp3) is 0.241. The maximum absolute atomic E-state index is 12.4. The molecule has 1 N–H and O–H groups in total. The van der Waals surface area contributed by atoms with Crippen LogP contribution < -0.4 is 14.8 Å². The van der Waals surface area contributed by atoms with Gasteiger partial charge in [-0.25, -0.2) is 4.98 Å². The van der Waals surface area contributed by atoms with Crippen molar-refractivity contribution < 1.29 is 14.3 Å². The Morgan fingerprint density at radius 3 is 2.78 bits per heavy atom. The molecular weight excluding hydrogens is 518 g/mol. The van der Waals surface area contributed by atoms with Crippen molar-refractivity contribution in [2.24, 2.45) is 0 Å². The molecule has 0 saturated heterocycles. The van der Waals surface area contributed by atoms with Crippen LogP contribution in [0, 0.1) is 0 Å². The molecule has 0 atom stereocenters. The Balaban J connectivity index is 1.38. The number of aryl methyl sites for hydroxylation is 1. The van der Waals surface area contributed by atoms with Crippen molar-refractivity contribution in [1.29, 1.82) is 0 Å². The topological polar surface area (TPSA) is 65.4 Å². The Kier molecular flexibility index (Phi) is 8.79. The van der Waals surface area contributed by atoms with Gasteiger partial charge < -0.3 is 19.4 Å². The Labute approximate surface area is 220 Å². The molecule has 3 aromatic carbocycles. The first-order valence-corrected chi connectivity index (χ1v) is 12.8. The van der Waals surface area contributed by atoms with Crippen LogP contribution in [-0.2, 0) is 19.4 Å². The van der Waals surface area contributed by atoms with Crippen LogP contribution in [0.2, 0.25) is 0 Å². The van der Waals surface area contributed by atoms with Crippen LogP contribution in [0.25, 0.3) is 11.0 Å². The molecule has 4 rings (SSSR count). The van der Waals surface area contributed by atoms with Gasteiger partial charge in [0.1, 0.15) is 12.4 Å². The van der Waals surface area contributed by atoms with Gasteiger partial charge in [-0.15, -0.1) is 6.58 Å². The number of hydrogen-bond acceptors (Lipinski definition) is 4. The summed E-state index contributed by atoms with van der Waals surface area (Å²) in [6.07, 6.45) is 4.17. The number of para-hydroxylation sites is 2. The molecule has 186 valence electrons. The normalized spacial score (nSPS) is 10.8. The number of carbonyl (C=O) groups excluding carboxylic acids is 1. The summed E-state index contributed by atoms with van der Waals surface area (Å²) >= 11 is 3.41. The summed E-state index contributed by atoms with van der Waals surface area (Å²) in [6.45, 7) is 5.49. The van der Waals surface area contributed by atoms with E-state index in [1.54, 1.807) is 7.11 Å². The zero-order valence-corrected chi connectivity index (χ0v) is 22.0. The number of aromatic nitrogens is 2.